The molecule has 13 nitrogen and oxygen atoms in total. The summed E-state index contributed by atoms with van der Waals surface area (Å²) in [5.41, 5.74) is -6.19. The Morgan fingerprint density at radius 2 is 1.54 bits per heavy atom. The molecule has 0 aromatic heterocycles. The first kappa shape index (κ1) is 34.2. The number of aliphatic hydroxyl groups excluding tert-OH is 8. The molecule has 0 heterocycles. The van der Waals surface area contributed by atoms with Crippen molar-refractivity contribution in [3.8, 4) is 0 Å². The number of rotatable bonds is 14. The summed E-state index contributed by atoms with van der Waals surface area (Å²) < 4.78 is 16.6. The number of carbonyl (C=O) groups excluding carboxylic acids is 1. The molecule has 0 radical (unpaired) electrons. The molecule has 13 unspecified atom stereocenters. The Bertz CT molecular complexity index is 800. The molecule has 0 spiro atoms. The van der Waals surface area contributed by atoms with Crippen LogP contribution in [0.15, 0.2) is 0 Å². The normalized spacial score (nSPS) is 39.6. The third-order valence-corrected chi connectivity index (χ3v) is 8.76. The summed E-state index contributed by atoms with van der Waals surface area (Å²) in [5, 5.41) is 95.7. The summed E-state index contributed by atoms with van der Waals surface area (Å²) in [5.74, 6) is -2.94. The summed E-state index contributed by atoms with van der Waals surface area (Å²) in [7, 11) is 1.28. The highest BCUT2D eigenvalue weighted by molar-refractivity contribution is 5.71. The van der Waals surface area contributed by atoms with Crippen molar-refractivity contribution >= 4 is 5.97 Å². The summed E-state index contributed by atoms with van der Waals surface area (Å²) in [6, 6.07) is 0. The Morgan fingerprint density at radius 3 is 2.00 bits per heavy atom. The van der Waals surface area contributed by atoms with Gasteiger partial charge in [-0.3, -0.25) is 4.79 Å². The fraction of sp³-hybridized carbons (Fsp3) is 0.962. The lowest BCUT2D eigenvalue weighted by Gasteiger charge is -2.49. The third-order valence-electron chi connectivity index (χ3n) is 8.76. The first-order chi connectivity index (χ1) is 18.1. The molecule has 13 atom stereocenters. The number of methoxy groups -OCH3 is 1. The lowest BCUT2D eigenvalue weighted by Crippen LogP contribution is -2.66. The average molecular weight is 569 g/mol. The number of ether oxygens (including phenoxy) is 3. The maximum absolute atomic E-state index is 11.8. The topological polar surface area (TPSA) is 227 Å². The second kappa shape index (κ2) is 13.3. The Balaban J connectivity index is 2.35. The van der Waals surface area contributed by atoms with Crippen molar-refractivity contribution in [2.45, 2.75) is 107 Å². The van der Waals surface area contributed by atoms with Gasteiger partial charge in [0, 0.05) is 25.0 Å². The molecule has 0 aliphatic heterocycles. The second-order valence-electron chi connectivity index (χ2n) is 11.7. The van der Waals surface area contributed by atoms with Crippen LogP contribution < -0.4 is 0 Å². The van der Waals surface area contributed by atoms with Gasteiger partial charge >= 0.3 is 5.97 Å². The van der Waals surface area contributed by atoms with E-state index in [1.165, 1.54) is 14.0 Å². The molecule has 0 aromatic rings. The molecule has 0 amide bonds. The maximum Gasteiger partial charge on any atom is 0.308 e. The SMILES string of the molecule is CCC(C)(OC1(C(O)OCC(C)CC(C)C(=O)OC)CC(CO)C(O)C1O)C(O)C1(O)CC(CO)C(O)C1O. The lowest BCUT2D eigenvalue weighted by atomic mass is 9.79. The number of esters is 1. The number of hydrogen-bond donors (Lipinski definition) is 9. The minimum atomic E-state index is -2.32. The highest BCUT2D eigenvalue weighted by Crippen LogP contribution is 2.48. The fourth-order valence-corrected chi connectivity index (χ4v) is 6.08. The molecule has 2 fully saturated rings. The van der Waals surface area contributed by atoms with Gasteiger partial charge in [0.25, 0.3) is 0 Å². The van der Waals surface area contributed by atoms with Crippen LogP contribution in [-0.4, -0.2) is 132 Å². The van der Waals surface area contributed by atoms with E-state index in [0.29, 0.717) is 6.42 Å². The molecular weight excluding hydrogens is 520 g/mol. The maximum atomic E-state index is 11.8. The van der Waals surface area contributed by atoms with Crippen LogP contribution in [0.4, 0.5) is 0 Å². The van der Waals surface area contributed by atoms with Gasteiger partial charge in [0.1, 0.15) is 29.5 Å². The van der Waals surface area contributed by atoms with E-state index >= 15 is 0 Å². The van der Waals surface area contributed by atoms with Crippen molar-refractivity contribution in [2.24, 2.45) is 23.7 Å². The van der Waals surface area contributed by atoms with E-state index in [9.17, 15) is 50.8 Å². The van der Waals surface area contributed by atoms with Crippen molar-refractivity contribution in [1.82, 2.24) is 0 Å². The zero-order valence-corrected chi connectivity index (χ0v) is 23.4. The molecule has 230 valence electrons. The third kappa shape index (κ3) is 6.59. The molecule has 39 heavy (non-hydrogen) atoms. The summed E-state index contributed by atoms with van der Waals surface area (Å²) in [6.45, 7) is 5.23. The molecule has 0 aromatic carbocycles. The number of hydrogen-bond acceptors (Lipinski definition) is 13. The van der Waals surface area contributed by atoms with Crippen LogP contribution in [-0.2, 0) is 19.0 Å². The fourth-order valence-electron chi connectivity index (χ4n) is 6.08. The molecule has 2 saturated carbocycles. The summed E-state index contributed by atoms with van der Waals surface area (Å²) in [6.07, 6.45) is -10.8. The van der Waals surface area contributed by atoms with Crippen LogP contribution in [0.5, 0.6) is 0 Å². The second-order valence-corrected chi connectivity index (χ2v) is 11.7. The highest BCUT2D eigenvalue weighted by atomic mass is 16.7. The van der Waals surface area contributed by atoms with Crippen LogP contribution in [0.2, 0.25) is 0 Å². The van der Waals surface area contributed by atoms with Gasteiger partial charge in [-0.2, -0.15) is 0 Å². The van der Waals surface area contributed by atoms with Crippen molar-refractivity contribution in [2.75, 3.05) is 26.9 Å². The smallest absolute Gasteiger partial charge is 0.308 e. The minimum Gasteiger partial charge on any atom is -0.469 e. The first-order valence-corrected chi connectivity index (χ1v) is 13.5. The monoisotopic (exact) mass is 568 g/mol. The Morgan fingerprint density at radius 1 is 1.00 bits per heavy atom. The van der Waals surface area contributed by atoms with E-state index < -0.39 is 90.5 Å². The zero-order chi connectivity index (χ0) is 29.9. The van der Waals surface area contributed by atoms with E-state index in [1.54, 1.807) is 20.8 Å². The molecule has 2 rings (SSSR count). The van der Waals surface area contributed by atoms with Gasteiger partial charge < -0.3 is 60.2 Å². The van der Waals surface area contributed by atoms with Crippen molar-refractivity contribution in [1.29, 1.82) is 0 Å². The Kier molecular flexibility index (Phi) is 11.7. The van der Waals surface area contributed by atoms with Crippen LogP contribution in [0.25, 0.3) is 0 Å². The van der Waals surface area contributed by atoms with Crippen molar-refractivity contribution in [3.63, 3.8) is 0 Å². The molecule has 2 aliphatic rings. The summed E-state index contributed by atoms with van der Waals surface area (Å²) >= 11 is 0. The van der Waals surface area contributed by atoms with Crippen LogP contribution in [0, 0.1) is 23.7 Å². The predicted molar refractivity (Wildman–Crippen MR) is 135 cm³/mol. The first-order valence-electron chi connectivity index (χ1n) is 13.5. The van der Waals surface area contributed by atoms with Crippen LogP contribution in [0.3, 0.4) is 0 Å². The Labute approximate surface area is 229 Å². The van der Waals surface area contributed by atoms with E-state index in [-0.39, 0.29) is 31.8 Å². The van der Waals surface area contributed by atoms with E-state index in [0.717, 1.165) is 0 Å². The van der Waals surface area contributed by atoms with E-state index in [4.69, 9.17) is 14.2 Å². The molecule has 13 heteroatoms. The lowest BCUT2D eigenvalue weighted by molar-refractivity contribution is -0.324. The van der Waals surface area contributed by atoms with Gasteiger partial charge in [0.15, 0.2) is 6.29 Å². The van der Waals surface area contributed by atoms with Gasteiger partial charge in [-0.25, -0.2) is 0 Å². The van der Waals surface area contributed by atoms with Gasteiger partial charge in [0.2, 0.25) is 0 Å². The van der Waals surface area contributed by atoms with Gasteiger partial charge in [0.05, 0.1) is 37.4 Å². The van der Waals surface area contributed by atoms with Crippen molar-refractivity contribution in [3.05, 3.63) is 0 Å². The van der Waals surface area contributed by atoms with Gasteiger partial charge in [-0.05, 0) is 38.5 Å². The number of aliphatic hydroxyl groups is 9. The predicted octanol–water partition coefficient (Wildman–Crippen LogP) is -2.36. The highest BCUT2D eigenvalue weighted by Gasteiger charge is 2.65. The molecule has 9 N–H and O–H groups in total. The number of carbonyl (C=O) groups is 1. The van der Waals surface area contributed by atoms with Crippen LogP contribution in [0.1, 0.15) is 53.4 Å². The van der Waals surface area contributed by atoms with E-state index in [1.807, 2.05) is 0 Å². The van der Waals surface area contributed by atoms with Crippen molar-refractivity contribution < 1.29 is 65.0 Å². The average Bonchev–Trinajstić information content (AvgIpc) is 3.30. The molecule has 2 aliphatic carbocycles. The van der Waals surface area contributed by atoms with E-state index in [2.05, 4.69) is 0 Å². The molecule has 0 bridgehead atoms. The molecular formula is C26H48O13. The quantitative estimate of drug-likeness (QED) is 0.0790. The largest absolute Gasteiger partial charge is 0.469 e. The minimum absolute atomic E-state index is 0.0305. The Hall–Kier alpha value is -0.970. The van der Waals surface area contributed by atoms with Gasteiger partial charge in [-0.1, -0.05) is 20.8 Å². The standard InChI is InChI=1S/C26H48O13/c1-6-24(4,22(34)25(36)8-15(10-27)17(29)19(25)31)39-26(9-16(11-28)18(30)20(26)32)23(35)38-12-13(2)7-14(3)21(33)37-5/h13-20,22-23,27-32,34-36H,6-12H2,1-5H3. The van der Waals surface area contributed by atoms with Gasteiger partial charge in [-0.15, -0.1) is 0 Å². The molecule has 0 saturated heterocycles. The zero-order valence-electron chi connectivity index (χ0n) is 23.4. The summed E-state index contributed by atoms with van der Waals surface area (Å²) in [4.78, 5) is 11.8. The van der Waals surface area contributed by atoms with Crippen LogP contribution >= 0.6 is 0 Å².